The molecule has 0 saturated heterocycles. The topological polar surface area (TPSA) is 51.6 Å². The van der Waals surface area contributed by atoms with Crippen LogP contribution in [-0.4, -0.2) is 19.9 Å². The van der Waals surface area contributed by atoms with Gasteiger partial charge in [0, 0.05) is 60.7 Å². The molecule has 9 aromatic rings. The first-order chi connectivity index (χ1) is 24.8. The molecule has 4 heteroatoms. The van der Waals surface area contributed by atoms with Crippen LogP contribution < -0.4 is 0 Å². The van der Waals surface area contributed by atoms with Crippen molar-refractivity contribution in [1.29, 1.82) is 0 Å². The first-order valence-corrected chi connectivity index (χ1v) is 16.7. The van der Waals surface area contributed by atoms with Crippen LogP contribution in [0.5, 0.6) is 0 Å². The number of fused-ring (bicyclic) bond motifs is 2. The molecular weight excluding hydrogens is 609 g/mol. The van der Waals surface area contributed by atoms with Gasteiger partial charge >= 0.3 is 0 Å². The number of pyridine rings is 4. The van der Waals surface area contributed by atoms with Crippen molar-refractivity contribution < 1.29 is 0 Å². The van der Waals surface area contributed by atoms with Gasteiger partial charge in [0.15, 0.2) is 0 Å². The summed E-state index contributed by atoms with van der Waals surface area (Å²) in [5, 5.41) is 4.61. The monoisotopic (exact) mass is 638 g/mol. The van der Waals surface area contributed by atoms with E-state index in [1.54, 1.807) is 0 Å². The molecular formula is C46H30N4. The van der Waals surface area contributed by atoms with Gasteiger partial charge in [0.05, 0.1) is 0 Å². The van der Waals surface area contributed by atoms with Gasteiger partial charge in [0.25, 0.3) is 0 Å². The molecule has 4 heterocycles. The van der Waals surface area contributed by atoms with Crippen LogP contribution in [0.2, 0.25) is 0 Å². The maximum absolute atomic E-state index is 4.68. The molecule has 0 fully saturated rings. The predicted molar refractivity (Wildman–Crippen MR) is 205 cm³/mol. The zero-order valence-electron chi connectivity index (χ0n) is 27.1. The SMILES string of the molecule is c1ccc(-c2ccc(-c3ccc4c(-c5cnccc5-c5ccncc5)c5ccccc5c(-c5cnccc5-c5ccncc5)c4c3)cc2)cc1. The number of rotatable bonds is 6. The molecule has 0 bridgehead atoms. The van der Waals surface area contributed by atoms with Crippen molar-refractivity contribution in [2.45, 2.75) is 0 Å². The molecule has 0 aliphatic rings. The van der Waals surface area contributed by atoms with E-state index >= 15 is 0 Å². The summed E-state index contributed by atoms with van der Waals surface area (Å²) < 4.78 is 0. The second kappa shape index (κ2) is 12.7. The predicted octanol–water partition coefficient (Wildman–Crippen LogP) is 11.6. The molecule has 0 amide bonds. The van der Waals surface area contributed by atoms with Gasteiger partial charge in [0.1, 0.15) is 0 Å². The average molecular weight is 639 g/mol. The molecule has 4 aromatic heterocycles. The zero-order chi connectivity index (χ0) is 33.3. The summed E-state index contributed by atoms with van der Waals surface area (Å²) in [6.07, 6.45) is 15.1. The van der Waals surface area contributed by atoms with Crippen LogP contribution >= 0.6 is 0 Å². The summed E-state index contributed by atoms with van der Waals surface area (Å²) in [4.78, 5) is 17.9. The van der Waals surface area contributed by atoms with Crippen molar-refractivity contribution in [3.8, 4) is 66.8 Å². The fraction of sp³-hybridized carbons (Fsp3) is 0. The Balaban J connectivity index is 1.36. The molecule has 0 unspecified atom stereocenters. The minimum atomic E-state index is 1.07. The molecule has 234 valence electrons. The van der Waals surface area contributed by atoms with E-state index in [2.05, 4.69) is 153 Å². The van der Waals surface area contributed by atoms with E-state index in [-0.39, 0.29) is 0 Å². The molecule has 0 aliphatic carbocycles. The Bertz CT molecular complexity index is 2620. The van der Waals surface area contributed by atoms with E-state index in [1.165, 1.54) is 11.1 Å². The van der Waals surface area contributed by atoms with E-state index < -0.39 is 0 Å². The smallest absolute Gasteiger partial charge is 0.0353 e. The highest BCUT2D eigenvalue weighted by molar-refractivity contribution is 6.23. The Morgan fingerprint density at radius 3 is 1.24 bits per heavy atom. The van der Waals surface area contributed by atoms with E-state index in [1.807, 2.05) is 49.6 Å². The Kier molecular flexibility index (Phi) is 7.45. The molecule has 0 saturated carbocycles. The van der Waals surface area contributed by atoms with E-state index in [0.717, 1.165) is 77.2 Å². The van der Waals surface area contributed by atoms with Crippen molar-refractivity contribution in [1.82, 2.24) is 19.9 Å². The van der Waals surface area contributed by atoms with Gasteiger partial charge in [-0.1, -0.05) is 91.0 Å². The number of hydrogen-bond acceptors (Lipinski definition) is 4. The molecule has 4 nitrogen and oxygen atoms in total. The van der Waals surface area contributed by atoms with Crippen LogP contribution in [0.15, 0.2) is 183 Å². The standard InChI is InChI=1S/C46H30N4/c1-2-6-31(7-3-1)32-10-12-33(13-11-32)36-14-15-41-42(28-36)46(44-30-50-27-21-38(44)35-18-24-48-25-19-35)40-9-5-4-8-39(40)45(41)43-29-49-26-20-37(43)34-16-22-47-23-17-34/h1-30H. The van der Waals surface area contributed by atoms with E-state index in [0.29, 0.717) is 0 Å². The van der Waals surface area contributed by atoms with Crippen LogP contribution in [0.25, 0.3) is 88.3 Å². The van der Waals surface area contributed by atoms with Gasteiger partial charge < -0.3 is 0 Å². The molecule has 9 rings (SSSR count). The van der Waals surface area contributed by atoms with Crippen molar-refractivity contribution in [2.75, 3.05) is 0 Å². The first-order valence-electron chi connectivity index (χ1n) is 16.7. The molecule has 0 spiro atoms. The van der Waals surface area contributed by atoms with Crippen molar-refractivity contribution >= 4 is 21.5 Å². The third-order valence-electron chi connectivity index (χ3n) is 9.51. The Morgan fingerprint density at radius 1 is 0.260 bits per heavy atom. The summed E-state index contributed by atoms with van der Waals surface area (Å²) in [5.74, 6) is 0. The third-order valence-corrected chi connectivity index (χ3v) is 9.51. The second-order valence-electron chi connectivity index (χ2n) is 12.3. The van der Waals surface area contributed by atoms with Crippen molar-refractivity contribution in [3.05, 3.63) is 183 Å². The lowest BCUT2D eigenvalue weighted by Crippen LogP contribution is -1.95. The highest BCUT2D eigenvalue weighted by Crippen LogP contribution is 2.48. The lowest BCUT2D eigenvalue weighted by molar-refractivity contribution is 1.31. The number of nitrogens with zero attached hydrogens (tertiary/aromatic N) is 4. The minimum Gasteiger partial charge on any atom is -0.265 e. The molecule has 0 N–H and O–H groups in total. The molecule has 0 atom stereocenters. The molecule has 0 radical (unpaired) electrons. The molecule has 5 aromatic carbocycles. The van der Waals surface area contributed by atoms with Crippen molar-refractivity contribution in [3.63, 3.8) is 0 Å². The highest BCUT2D eigenvalue weighted by atomic mass is 14.6. The normalized spacial score (nSPS) is 11.2. The summed E-state index contributed by atoms with van der Waals surface area (Å²) >= 11 is 0. The minimum absolute atomic E-state index is 1.07. The van der Waals surface area contributed by atoms with Crippen LogP contribution in [0.1, 0.15) is 0 Å². The maximum atomic E-state index is 4.68. The number of benzene rings is 5. The quantitative estimate of drug-likeness (QED) is 0.170. The average Bonchev–Trinajstić information content (AvgIpc) is 3.21. The van der Waals surface area contributed by atoms with E-state index in [4.69, 9.17) is 0 Å². The van der Waals surface area contributed by atoms with Crippen LogP contribution in [0.4, 0.5) is 0 Å². The lowest BCUT2D eigenvalue weighted by Gasteiger charge is -2.21. The molecule has 50 heavy (non-hydrogen) atoms. The first kappa shape index (κ1) is 29.4. The maximum Gasteiger partial charge on any atom is 0.0353 e. The van der Waals surface area contributed by atoms with Crippen molar-refractivity contribution in [2.24, 2.45) is 0 Å². The highest BCUT2D eigenvalue weighted by Gasteiger charge is 2.21. The summed E-state index contributed by atoms with van der Waals surface area (Å²) in [6, 6.07) is 47.4. The second-order valence-corrected chi connectivity index (χ2v) is 12.3. The van der Waals surface area contributed by atoms with Crippen LogP contribution in [0, 0.1) is 0 Å². The number of hydrogen-bond donors (Lipinski definition) is 0. The fourth-order valence-corrected chi connectivity index (χ4v) is 7.18. The molecule has 0 aliphatic heterocycles. The van der Waals surface area contributed by atoms with Gasteiger partial charge in [-0.25, -0.2) is 0 Å². The third kappa shape index (κ3) is 5.20. The van der Waals surface area contributed by atoms with Gasteiger partial charge in [-0.05, 0) is 120 Å². The number of aromatic nitrogens is 4. The van der Waals surface area contributed by atoms with E-state index in [9.17, 15) is 0 Å². The zero-order valence-corrected chi connectivity index (χ0v) is 27.1. The van der Waals surface area contributed by atoms with Crippen LogP contribution in [-0.2, 0) is 0 Å². The Morgan fingerprint density at radius 2 is 0.680 bits per heavy atom. The lowest BCUT2D eigenvalue weighted by atomic mass is 9.82. The summed E-state index contributed by atoms with van der Waals surface area (Å²) in [7, 11) is 0. The Hall–Kier alpha value is -6.78. The van der Waals surface area contributed by atoms with Gasteiger partial charge in [-0.3, -0.25) is 19.9 Å². The largest absolute Gasteiger partial charge is 0.265 e. The van der Waals surface area contributed by atoms with Gasteiger partial charge in [-0.15, -0.1) is 0 Å². The van der Waals surface area contributed by atoms with Gasteiger partial charge in [0.2, 0.25) is 0 Å². The van der Waals surface area contributed by atoms with Gasteiger partial charge in [-0.2, -0.15) is 0 Å². The summed E-state index contributed by atoms with van der Waals surface area (Å²) in [5.41, 5.74) is 13.6. The van der Waals surface area contributed by atoms with Crippen LogP contribution in [0.3, 0.4) is 0 Å². The Labute approximate surface area is 290 Å². The fourth-order valence-electron chi connectivity index (χ4n) is 7.18. The summed E-state index contributed by atoms with van der Waals surface area (Å²) in [6.45, 7) is 0.